The number of nitrogen functional groups attached to an aromatic ring is 2. The lowest BCUT2D eigenvalue weighted by molar-refractivity contribution is 0.681. The van der Waals surface area contributed by atoms with Gasteiger partial charge in [0.2, 0.25) is 5.95 Å². The van der Waals surface area contributed by atoms with E-state index in [9.17, 15) is 4.21 Å². The molecule has 0 fully saturated rings. The first kappa shape index (κ1) is 15.1. The van der Waals surface area contributed by atoms with Crippen molar-refractivity contribution in [3.8, 4) is 0 Å². The maximum Gasteiger partial charge on any atom is 0.222 e. The number of nitrogens with one attached hydrogen (secondary N) is 1. The summed E-state index contributed by atoms with van der Waals surface area (Å²) < 4.78 is 11.4. The van der Waals surface area contributed by atoms with Gasteiger partial charge < -0.3 is 16.8 Å². The van der Waals surface area contributed by atoms with E-state index in [1.807, 2.05) is 13.8 Å². The largest absolute Gasteiger partial charge is 0.382 e. The third-order valence-electron chi connectivity index (χ3n) is 2.84. The molecule has 21 heavy (non-hydrogen) atoms. The van der Waals surface area contributed by atoms with Crippen LogP contribution >= 0.6 is 0 Å². The van der Waals surface area contributed by atoms with Gasteiger partial charge in [-0.15, -0.1) is 0 Å². The average molecular weight is 307 g/mol. The molecule has 0 aromatic carbocycles. The van der Waals surface area contributed by atoms with Gasteiger partial charge in [-0.3, -0.25) is 0 Å². The molecule has 0 saturated heterocycles. The zero-order valence-corrected chi connectivity index (χ0v) is 12.5. The summed E-state index contributed by atoms with van der Waals surface area (Å²) in [6.07, 6.45) is 3.13. The molecule has 1 atom stereocenters. The standard InChI is InChI=1S/C12H17N7OS/c1-6(2)7-4-16-10(21(15)20)3-8(7)18-9-5-17-12(14)19-11(9)13/h3-6H,15H2,1-2H3,(H,16,18)(H4,13,14,17,19). The van der Waals surface area contributed by atoms with E-state index in [2.05, 4.69) is 20.3 Å². The van der Waals surface area contributed by atoms with Crippen LogP contribution in [0.4, 0.5) is 23.1 Å². The molecular weight excluding hydrogens is 290 g/mol. The predicted octanol–water partition coefficient (Wildman–Crippen LogP) is 0.884. The lowest BCUT2D eigenvalue weighted by Gasteiger charge is -2.15. The summed E-state index contributed by atoms with van der Waals surface area (Å²) in [5.41, 5.74) is 13.4. The Morgan fingerprint density at radius 2 is 1.90 bits per heavy atom. The van der Waals surface area contributed by atoms with E-state index in [1.54, 1.807) is 12.3 Å². The molecule has 0 aliphatic heterocycles. The molecule has 112 valence electrons. The van der Waals surface area contributed by atoms with Crippen molar-refractivity contribution in [3.63, 3.8) is 0 Å². The Morgan fingerprint density at radius 1 is 1.19 bits per heavy atom. The highest BCUT2D eigenvalue weighted by atomic mass is 32.2. The highest BCUT2D eigenvalue weighted by Crippen LogP contribution is 2.29. The second-order valence-corrected chi connectivity index (χ2v) is 5.73. The zero-order chi connectivity index (χ0) is 15.6. The van der Waals surface area contributed by atoms with Crippen molar-refractivity contribution in [3.05, 3.63) is 24.0 Å². The topological polar surface area (TPSA) is 146 Å². The fourth-order valence-corrected chi connectivity index (χ4v) is 2.17. The Hall–Kier alpha value is -2.26. The highest BCUT2D eigenvalue weighted by Gasteiger charge is 2.13. The average Bonchev–Trinajstić information content (AvgIpc) is 2.41. The van der Waals surface area contributed by atoms with Crippen LogP contribution < -0.4 is 21.9 Å². The van der Waals surface area contributed by atoms with Gasteiger partial charge in [-0.1, -0.05) is 13.8 Å². The van der Waals surface area contributed by atoms with Crippen molar-refractivity contribution >= 4 is 34.1 Å². The van der Waals surface area contributed by atoms with Crippen LogP contribution in [-0.4, -0.2) is 19.2 Å². The maximum atomic E-state index is 11.4. The van der Waals surface area contributed by atoms with Gasteiger partial charge in [0.1, 0.15) is 21.7 Å². The molecule has 7 N–H and O–H groups in total. The molecule has 0 aliphatic carbocycles. The smallest absolute Gasteiger partial charge is 0.222 e. The number of rotatable bonds is 4. The first-order valence-corrected chi connectivity index (χ1v) is 7.41. The summed E-state index contributed by atoms with van der Waals surface area (Å²) in [6.45, 7) is 4.04. The molecule has 0 bridgehead atoms. The highest BCUT2D eigenvalue weighted by molar-refractivity contribution is 7.82. The second kappa shape index (κ2) is 6.02. The fourth-order valence-electron chi connectivity index (χ4n) is 1.78. The third kappa shape index (κ3) is 3.44. The fraction of sp³-hybridized carbons (Fsp3) is 0.250. The Kier molecular flexibility index (Phi) is 4.34. The monoisotopic (exact) mass is 307 g/mol. The van der Waals surface area contributed by atoms with E-state index < -0.39 is 11.0 Å². The van der Waals surface area contributed by atoms with Gasteiger partial charge in [0.05, 0.1) is 6.20 Å². The van der Waals surface area contributed by atoms with Crippen molar-refractivity contribution in [2.75, 3.05) is 16.8 Å². The summed E-state index contributed by atoms with van der Waals surface area (Å²) in [6, 6.07) is 1.63. The van der Waals surface area contributed by atoms with E-state index in [-0.39, 0.29) is 22.7 Å². The quantitative estimate of drug-likeness (QED) is 0.655. The van der Waals surface area contributed by atoms with Crippen LogP contribution in [-0.2, 0) is 11.0 Å². The third-order valence-corrected chi connectivity index (χ3v) is 3.48. The number of hydrogen-bond donors (Lipinski definition) is 4. The van der Waals surface area contributed by atoms with Gasteiger partial charge in [0, 0.05) is 11.9 Å². The van der Waals surface area contributed by atoms with Gasteiger partial charge in [-0.05, 0) is 17.5 Å². The molecule has 8 nitrogen and oxygen atoms in total. The van der Waals surface area contributed by atoms with Gasteiger partial charge in [-0.25, -0.2) is 19.3 Å². The molecule has 2 aromatic heterocycles. The van der Waals surface area contributed by atoms with Gasteiger partial charge >= 0.3 is 0 Å². The molecule has 0 amide bonds. The van der Waals surface area contributed by atoms with Gasteiger partial charge in [0.15, 0.2) is 5.82 Å². The van der Waals surface area contributed by atoms with Crippen LogP contribution in [0.25, 0.3) is 0 Å². The lowest BCUT2D eigenvalue weighted by atomic mass is 10.0. The summed E-state index contributed by atoms with van der Waals surface area (Å²) >= 11 is 0. The predicted molar refractivity (Wildman–Crippen MR) is 83.1 cm³/mol. The van der Waals surface area contributed by atoms with Gasteiger partial charge in [0.25, 0.3) is 0 Å². The van der Waals surface area contributed by atoms with Crippen molar-refractivity contribution in [2.24, 2.45) is 5.14 Å². The Labute approximate surface area is 124 Å². The van der Waals surface area contributed by atoms with Crippen LogP contribution in [0.1, 0.15) is 25.3 Å². The summed E-state index contributed by atoms with van der Waals surface area (Å²) in [5.74, 6) is 0.529. The SMILES string of the molecule is CC(C)c1cnc(S(N)=O)cc1Nc1cnc(N)nc1N. The van der Waals surface area contributed by atoms with Crippen molar-refractivity contribution in [2.45, 2.75) is 24.8 Å². The minimum absolute atomic E-state index is 0.0978. The van der Waals surface area contributed by atoms with Gasteiger partial charge in [-0.2, -0.15) is 4.98 Å². The molecule has 0 radical (unpaired) electrons. The van der Waals surface area contributed by atoms with E-state index in [0.29, 0.717) is 11.4 Å². The molecule has 2 rings (SSSR count). The number of anilines is 4. The van der Waals surface area contributed by atoms with Crippen LogP contribution in [0.5, 0.6) is 0 Å². The molecule has 2 heterocycles. The van der Waals surface area contributed by atoms with Crippen molar-refractivity contribution in [1.82, 2.24) is 15.0 Å². The number of aromatic nitrogens is 3. The summed E-state index contributed by atoms with van der Waals surface area (Å²) in [5, 5.41) is 8.75. The van der Waals surface area contributed by atoms with E-state index in [4.69, 9.17) is 16.6 Å². The molecule has 9 heteroatoms. The Balaban J connectivity index is 2.45. The summed E-state index contributed by atoms with van der Waals surface area (Å²) in [7, 11) is -1.66. The van der Waals surface area contributed by atoms with Crippen molar-refractivity contribution < 1.29 is 4.21 Å². The van der Waals surface area contributed by atoms with Crippen LogP contribution in [0.15, 0.2) is 23.5 Å². The van der Waals surface area contributed by atoms with E-state index in [1.165, 1.54) is 6.20 Å². The van der Waals surface area contributed by atoms with E-state index >= 15 is 0 Å². The van der Waals surface area contributed by atoms with E-state index in [0.717, 1.165) is 5.56 Å². The summed E-state index contributed by atoms with van der Waals surface area (Å²) in [4.78, 5) is 11.9. The Morgan fingerprint density at radius 3 is 2.48 bits per heavy atom. The molecule has 0 aliphatic rings. The molecular formula is C12H17N7OS. The van der Waals surface area contributed by atoms with Crippen LogP contribution in [0.3, 0.4) is 0 Å². The molecule has 2 aromatic rings. The molecule has 1 unspecified atom stereocenters. The zero-order valence-electron chi connectivity index (χ0n) is 11.7. The second-order valence-electron chi connectivity index (χ2n) is 4.71. The maximum absolute atomic E-state index is 11.4. The number of nitrogens with two attached hydrogens (primary N) is 3. The number of pyridine rings is 1. The normalized spacial score (nSPS) is 12.4. The first-order valence-electron chi connectivity index (χ1n) is 6.19. The lowest BCUT2D eigenvalue weighted by Crippen LogP contribution is -2.09. The first-order chi connectivity index (χ1) is 9.88. The minimum atomic E-state index is -1.66. The minimum Gasteiger partial charge on any atom is -0.382 e. The van der Waals surface area contributed by atoms with Crippen LogP contribution in [0, 0.1) is 0 Å². The van der Waals surface area contributed by atoms with Crippen LogP contribution in [0.2, 0.25) is 0 Å². The van der Waals surface area contributed by atoms with Crippen molar-refractivity contribution in [1.29, 1.82) is 0 Å². The molecule has 0 saturated carbocycles. The Bertz CT molecular complexity index is 689. The number of hydrogen-bond acceptors (Lipinski definition) is 7. The molecule has 0 spiro atoms. The number of nitrogens with zero attached hydrogens (tertiary/aromatic N) is 3.